The molecule has 0 radical (unpaired) electrons. The van der Waals surface area contributed by atoms with Gasteiger partial charge >= 0.3 is 0 Å². The molecule has 1 aromatic carbocycles. The van der Waals surface area contributed by atoms with Gasteiger partial charge in [-0.15, -0.1) is 0 Å². The Labute approximate surface area is 150 Å². The predicted molar refractivity (Wildman–Crippen MR) is 104 cm³/mol. The number of anilines is 1. The SMILES string of the molecule is C=C(C)CNC(=NCC(=O)N(C)C)NC1CCN(c2ccccc2)C1. The van der Waals surface area contributed by atoms with E-state index in [-0.39, 0.29) is 12.5 Å². The topological polar surface area (TPSA) is 60.0 Å². The second-order valence-electron chi connectivity index (χ2n) is 6.68. The lowest BCUT2D eigenvalue weighted by atomic mass is 10.2. The van der Waals surface area contributed by atoms with Crippen molar-refractivity contribution in [2.45, 2.75) is 19.4 Å². The van der Waals surface area contributed by atoms with Crippen molar-refractivity contribution in [2.75, 3.05) is 45.2 Å². The van der Waals surface area contributed by atoms with E-state index in [1.165, 1.54) is 5.69 Å². The van der Waals surface area contributed by atoms with Gasteiger partial charge in [-0.05, 0) is 25.5 Å². The highest BCUT2D eigenvalue weighted by molar-refractivity contribution is 5.85. The van der Waals surface area contributed by atoms with Crippen LogP contribution in [-0.2, 0) is 4.79 Å². The van der Waals surface area contributed by atoms with Crippen LogP contribution in [0.1, 0.15) is 13.3 Å². The summed E-state index contributed by atoms with van der Waals surface area (Å²) in [5.41, 5.74) is 2.26. The molecular weight excluding hydrogens is 314 g/mol. The molecule has 2 rings (SSSR count). The van der Waals surface area contributed by atoms with Crippen molar-refractivity contribution in [2.24, 2.45) is 4.99 Å². The molecule has 1 heterocycles. The summed E-state index contributed by atoms with van der Waals surface area (Å²) in [6.07, 6.45) is 1.03. The maximum Gasteiger partial charge on any atom is 0.243 e. The Balaban J connectivity index is 1.95. The van der Waals surface area contributed by atoms with E-state index in [0.29, 0.717) is 18.5 Å². The van der Waals surface area contributed by atoms with E-state index < -0.39 is 0 Å². The summed E-state index contributed by atoms with van der Waals surface area (Å²) in [5.74, 6) is 0.645. The Bertz CT molecular complexity index is 612. The van der Waals surface area contributed by atoms with Gasteiger partial charge in [-0.1, -0.05) is 30.4 Å². The first-order valence-corrected chi connectivity index (χ1v) is 8.65. The maximum atomic E-state index is 11.8. The molecule has 0 bridgehead atoms. The number of guanidine groups is 1. The molecule has 0 spiro atoms. The Hall–Kier alpha value is -2.50. The van der Waals surface area contributed by atoms with Crippen LogP contribution in [-0.4, -0.2) is 63.1 Å². The fraction of sp³-hybridized carbons (Fsp3) is 0.474. The lowest BCUT2D eigenvalue weighted by Gasteiger charge is -2.20. The highest BCUT2D eigenvalue weighted by Crippen LogP contribution is 2.19. The molecule has 1 unspecified atom stereocenters. The minimum atomic E-state index is -0.0197. The second kappa shape index (κ2) is 9.11. The van der Waals surface area contributed by atoms with Crippen molar-refractivity contribution >= 4 is 17.6 Å². The first kappa shape index (κ1) is 18.8. The minimum absolute atomic E-state index is 0.0197. The number of likely N-dealkylation sites (N-methyl/N-ethyl adjacent to an activating group) is 1. The zero-order valence-corrected chi connectivity index (χ0v) is 15.5. The fourth-order valence-corrected chi connectivity index (χ4v) is 2.62. The van der Waals surface area contributed by atoms with Crippen molar-refractivity contribution < 1.29 is 4.79 Å². The van der Waals surface area contributed by atoms with E-state index in [0.717, 1.165) is 25.1 Å². The number of nitrogens with one attached hydrogen (secondary N) is 2. The first-order valence-electron chi connectivity index (χ1n) is 8.65. The van der Waals surface area contributed by atoms with E-state index in [1.807, 2.05) is 13.0 Å². The average molecular weight is 343 g/mol. The van der Waals surface area contributed by atoms with Crippen LogP contribution in [0.4, 0.5) is 5.69 Å². The number of benzene rings is 1. The van der Waals surface area contributed by atoms with Gasteiger partial charge in [0.2, 0.25) is 5.91 Å². The van der Waals surface area contributed by atoms with Crippen LogP contribution >= 0.6 is 0 Å². The Morgan fingerprint density at radius 1 is 1.36 bits per heavy atom. The largest absolute Gasteiger partial charge is 0.369 e. The Kier molecular flexibility index (Phi) is 6.86. The minimum Gasteiger partial charge on any atom is -0.369 e. The normalized spacial score (nSPS) is 17.3. The van der Waals surface area contributed by atoms with Crippen LogP contribution in [0.3, 0.4) is 0 Å². The lowest BCUT2D eigenvalue weighted by molar-refractivity contribution is -0.127. The third-order valence-corrected chi connectivity index (χ3v) is 4.08. The van der Waals surface area contributed by atoms with E-state index in [2.05, 4.69) is 51.4 Å². The lowest BCUT2D eigenvalue weighted by Crippen LogP contribution is -2.45. The molecule has 1 fully saturated rings. The summed E-state index contributed by atoms with van der Waals surface area (Å²) in [6, 6.07) is 10.7. The van der Waals surface area contributed by atoms with Gasteiger partial charge in [-0.2, -0.15) is 0 Å². The number of aliphatic imine (C=N–C) groups is 1. The van der Waals surface area contributed by atoms with Gasteiger partial charge in [0, 0.05) is 45.5 Å². The second-order valence-corrected chi connectivity index (χ2v) is 6.68. The number of hydrogen-bond acceptors (Lipinski definition) is 3. The fourth-order valence-electron chi connectivity index (χ4n) is 2.62. The molecular formula is C19H29N5O. The van der Waals surface area contributed by atoms with Crippen molar-refractivity contribution in [3.63, 3.8) is 0 Å². The third kappa shape index (κ3) is 6.14. The maximum absolute atomic E-state index is 11.8. The van der Waals surface area contributed by atoms with Crippen molar-refractivity contribution in [1.29, 1.82) is 0 Å². The van der Waals surface area contributed by atoms with E-state index in [4.69, 9.17) is 0 Å². The van der Waals surface area contributed by atoms with Crippen LogP contribution < -0.4 is 15.5 Å². The van der Waals surface area contributed by atoms with Crippen LogP contribution in [0.5, 0.6) is 0 Å². The number of rotatable bonds is 6. The molecule has 2 N–H and O–H groups in total. The highest BCUT2D eigenvalue weighted by atomic mass is 16.2. The van der Waals surface area contributed by atoms with Gasteiger partial charge in [0.25, 0.3) is 0 Å². The van der Waals surface area contributed by atoms with E-state index in [9.17, 15) is 4.79 Å². The van der Waals surface area contributed by atoms with Crippen molar-refractivity contribution in [3.05, 3.63) is 42.5 Å². The summed E-state index contributed by atoms with van der Waals surface area (Å²) in [4.78, 5) is 20.1. The molecule has 1 aromatic rings. The quantitative estimate of drug-likeness (QED) is 0.466. The summed E-state index contributed by atoms with van der Waals surface area (Å²) >= 11 is 0. The first-order chi connectivity index (χ1) is 12.0. The van der Waals surface area contributed by atoms with E-state index >= 15 is 0 Å². The number of carbonyl (C=O) groups excluding carboxylic acids is 1. The molecule has 6 heteroatoms. The number of nitrogens with zero attached hydrogens (tertiary/aromatic N) is 3. The van der Waals surface area contributed by atoms with Gasteiger partial charge < -0.3 is 20.4 Å². The van der Waals surface area contributed by atoms with Crippen LogP contribution in [0.25, 0.3) is 0 Å². The number of para-hydroxylation sites is 1. The molecule has 1 amide bonds. The molecule has 6 nitrogen and oxygen atoms in total. The highest BCUT2D eigenvalue weighted by Gasteiger charge is 2.23. The zero-order chi connectivity index (χ0) is 18.2. The molecule has 0 aliphatic carbocycles. The smallest absolute Gasteiger partial charge is 0.243 e. The molecule has 1 aliphatic rings. The summed E-state index contributed by atoms with van der Waals surface area (Å²) in [7, 11) is 3.47. The third-order valence-electron chi connectivity index (χ3n) is 4.08. The molecule has 1 aliphatic heterocycles. The Morgan fingerprint density at radius 2 is 2.08 bits per heavy atom. The van der Waals surface area contributed by atoms with Gasteiger partial charge in [-0.25, -0.2) is 4.99 Å². The summed E-state index contributed by atoms with van der Waals surface area (Å²) in [5, 5.41) is 6.70. The number of amides is 1. The zero-order valence-electron chi connectivity index (χ0n) is 15.5. The van der Waals surface area contributed by atoms with Crippen LogP contribution in [0, 0.1) is 0 Å². The molecule has 0 saturated carbocycles. The van der Waals surface area contributed by atoms with Gasteiger partial charge in [0.05, 0.1) is 0 Å². The molecule has 25 heavy (non-hydrogen) atoms. The summed E-state index contributed by atoms with van der Waals surface area (Å²) in [6.45, 7) is 8.56. The standard InChI is InChI=1S/C19H29N5O/c1-15(2)12-20-19(21-13-18(25)23(3)4)22-16-10-11-24(14-16)17-8-6-5-7-9-17/h5-9,16H,1,10-14H2,2-4H3,(H2,20,21,22). The monoisotopic (exact) mass is 343 g/mol. The van der Waals surface area contributed by atoms with Crippen molar-refractivity contribution in [3.8, 4) is 0 Å². The van der Waals surface area contributed by atoms with Crippen molar-refractivity contribution in [1.82, 2.24) is 15.5 Å². The van der Waals surface area contributed by atoms with E-state index in [1.54, 1.807) is 19.0 Å². The number of carbonyl (C=O) groups is 1. The van der Waals surface area contributed by atoms with Crippen LogP contribution in [0.15, 0.2) is 47.5 Å². The van der Waals surface area contributed by atoms with Gasteiger partial charge in [-0.3, -0.25) is 4.79 Å². The Morgan fingerprint density at radius 3 is 2.72 bits per heavy atom. The van der Waals surface area contributed by atoms with Gasteiger partial charge in [0.15, 0.2) is 5.96 Å². The average Bonchev–Trinajstić information content (AvgIpc) is 3.06. The number of hydrogen-bond donors (Lipinski definition) is 2. The van der Waals surface area contributed by atoms with Crippen LogP contribution in [0.2, 0.25) is 0 Å². The molecule has 1 atom stereocenters. The summed E-state index contributed by atoms with van der Waals surface area (Å²) < 4.78 is 0. The molecule has 136 valence electrons. The van der Waals surface area contributed by atoms with Gasteiger partial charge in [0.1, 0.15) is 6.54 Å². The molecule has 0 aromatic heterocycles. The predicted octanol–water partition coefficient (Wildman–Crippen LogP) is 1.46. The molecule has 1 saturated heterocycles.